The zero-order chi connectivity index (χ0) is 16.6. The van der Waals surface area contributed by atoms with E-state index in [9.17, 15) is 8.42 Å². The molecule has 1 N–H and O–H groups in total. The maximum Gasteiger partial charge on any atom is 0.240 e. The predicted octanol–water partition coefficient (Wildman–Crippen LogP) is 1.42. The van der Waals surface area contributed by atoms with E-state index in [1.807, 2.05) is 0 Å². The van der Waals surface area contributed by atoms with Crippen molar-refractivity contribution < 1.29 is 13.2 Å². The van der Waals surface area contributed by atoms with Gasteiger partial charge in [-0.15, -0.1) is 0 Å². The summed E-state index contributed by atoms with van der Waals surface area (Å²) in [5.74, 6) is 1.67. The number of sulfonamides is 1. The fraction of sp³-hybridized carbons (Fsp3) is 0.467. The molecule has 1 saturated heterocycles. The summed E-state index contributed by atoms with van der Waals surface area (Å²) in [6.45, 7) is 2.17. The van der Waals surface area contributed by atoms with Crippen LogP contribution in [0.5, 0.6) is 5.75 Å². The van der Waals surface area contributed by atoms with E-state index in [0.717, 1.165) is 49.5 Å². The Bertz CT molecular complexity index is 815. The summed E-state index contributed by atoms with van der Waals surface area (Å²) in [6, 6.07) is 5.03. The molecular formula is C15H18N4O3S2. The Hall–Kier alpha value is -1.71. The number of aromatic nitrogens is 2. The lowest BCUT2D eigenvalue weighted by atomic mass is 10.1. The van der Waals surface area contributed by atoms with Gasteiger partial charge in [0.25, 0.3) is 0 Å². The smallest absolute Gasteiger partial charge is 0.240 e. The van der Waals surface area contributed by atoms with Crippen molar-refractivity contribution in [2.45, 2.75) is 30.2 Å². The molecule has 0 bridgehead atoms. The van der Waals surface area contributed by atoms with Gasteiger partial charge in [0.1, 0.15) is 5.75 Å². The number of hydrogen-bond donors (Lipinski definition) is 1. The first-order valence-corrected chi connectivity index (χ1v) is 10.1. The van der Waals surface area contributed by atoms with Gasteiger partial charge in [-0.05, 0) is 36.6 Å². The molecule has 1 aromatic carbocycles. The number of benzene rings is 1. The Kier molecular flexibility index (Phi) is 4.15. The van der Waals surface area contributed by atoms with Crippen molar-refractivity contribution >= 4 is 27.6 Å². The van der Waals surface area contributed by atoms with Crippen LogP contribution in [0, 0.1) is 0 Å². The van der Waals surface area contributed by atoms with Crippen LogP contribution in [0.3, 0.4) is 0 Å². The molecule has 24 heavy (non-hydrogen) atoms. The molecule has 2 aliphatic rings. The molecule has 0 atom stereocenters. The van der Waals surface area contributed by atoms with E-state index >= 15 is 0 Å². The van der Waals surface area contributed by atoms with E-state index in [1.165, 1.54) is 11.7 Å². The van der Waals surface area contributed by atoms with Gasteiger partial charge in [-0.2, -0.15) is 8.75 Å². The summed E-state index contributed by atoms with van der Waals surface area (Å²) >= 11 is 1.19. The van der Waals surface area contributed by atoms with Crippen LogP contribution in [0.15, 0.2) is 29.3 Å². The molecule has 0 unspecified atom stereocenters. The molecular weight excluding hydrogens is 348 g/mol. The number of nitrogens with zero attached hydrogens (tertiary/aromatic N) is 3. The Labute approximate surface area is 145 Å². The van der Waals surface area contributed by atoms with Gasteiger partial charge in [-0.1, -0.05) is 0 Å². The molecule has 0 spiro atoms. The Morgan fingerprint density at radius 3 is 2.88 bits per heavy atom. The van der Waals surface area contributed by atoms with E-state index in [0.29, 0.717) is 11.5 Å². The van der Waals surface area contributed by atoms with Crippen LogP contribution in [0.4, 0.5) is 5.82 Å². The molecule has 0 aliphatic carbocycles. The SMILES string of the molecule is O=S(=O)(NC1CCN(c2cnsn2)CC1)c1ccc2c(c1)CCO2. The molecule has 128 valence electrons. The summed E-state index contributed by atoms with van der Waals surface area (Å²) < 4.78 is 41.8. The number of ether oxygens (including phenoxy) is 1. The zero-order valence-electron chi connectivity index (χ0n) is 13.0. The molecule has 1 aromatic heterocycles. The molecule has 1 fully saturated rings. The van der Waals surface area contributed by atoms with Crippen LogP contribution in [-0.4, -0.2) is 42.9 Å². The quantitative estimate of drug-likeness (QED) is 0.881. The molecule has 7 nitrogen and oxygen atoms in total. The van der Waals surface area contributed by atoms with Crippen molar-refractivity contribution in [3.8, 4) is 5.75 Å². The van der Waals surface area contributed by atoms with E-state index in [1.54, 1.807) is 24.4 Å². The number of nitrogens with one attached hydrogen (secondary N) is 1. The van der Waals surface area contributed by atoms with Crippen molar-refractivity contribution in [1.82, 2.24) is 13.5 Å². The summed E-state index contributed by atoms with van der Waals surface area (Å²) in [6.07, 6.45) is 4.02. The Balaban J connectivity index is 1.42. The van der Waals surface area contributed by atoms with Crippen LogP contribution >= 0.6 is 11.7 Å². The maximum absolute atomic E-state index is 12.6. The number of hydrogen-bond acceptors (Lipinski definition) is 7. The van der Waals surface area contributed by atoms with Crippen LogP contribution in [0.2, 0.25) is 0 Å². The lowest BCUT2D eigenvalue weighted by Gasteiger charge is -2.32. The first kappa shape index (κ1) is 15.8. The molecule has 0 radical (unpaired) electrons. The highest BCUT2D eigenvalue weighted by Crippen LogP contribution is 2.28. The third-order valence-corrected chi connectivity index (χ3v) is 6.45. The van der Waals surface area contributed by atoms with Gasteiger partial charge in [0.05, 0.1) is 29.4 Å². The molecule has 0 saturated carbocycles. The largest absolute Gasteiger partial charge is 0.493 e. The van der Waals surface area contributed by atoms with Gasteiger partial charge >= 0.3 is 0 Å². The van der Waals surface area contributed by atoms with Gasteiger partial charge < -0.3 is 9.64 Å². The van der Waals surface area contributed by atoms with Gasteiger partial charge in [-0.25, -0.2) is 13.1 Å². The molecule has 2 aliphatic heterocycles. The van der Waals surface area contributed by atoms with Gasteiger partial charge in [0.15, 0.2) is 5.82 Å². The Morgan fingerprint density at radius 2 is 2.12 bits per heavy atom. The second-order valence-corrected chi connectivity index (χ2v) is 8.29. The molecule has 3 heterocycles. The number of fused-ring (bicyclic) bond motifs is 1. The number of rotatable bonds is 4. The maximum atomic E-state index is 12.6. The second kappa shape index (κ2) is 6.30. The van der Waals surface area contributed by atoms with Crippen molar-refractivity contribution in [2.24, 2.45) is 0 Å². The molecule has 0 amide bonds. The number of anilines is 1. The van der Waals surface area contributed by atoms with Crippen LogP contribution in [0.25, 0.3) is 0 Å². The third-order valence-electron chi connectivity index (χ3n) is 4.46. The highest BCUT2D eigenvalue weighted by molar-refractivity contribution is 7.89. The van der Waals surface area contributed by atoms with Gasteiger partial charge in [-0.3, -0.25) is 0 Å². The van der Waals surface area contributed by atoms with Crippen molar-refractivity contribution in [3.05, 3.63) is 30.0 Å². The van der Waals surface area contributed by atoms with Crippen LogP contribution in [0.1, 0.15) is 18.4 Å². The minimum absolute atomic E-state index is 0.0534. The normalized spacial score (nSPS) is 18.4. The first-order valence-electron chi connectivity index (χ1n) is 7.92. The molecule has 2 aromatic rings. The average molecular weight is 366 g/mol. The zero-order valence-corrected chi connectivity index (χ0v) is 14.6. The number of piperidine rings is 1. The van der Waals surface area contributed by atoms with Crippen molar-refractivity contribution in [3.63, 3.8) is 0 Å². The fourth-order valence-electron chi connectivity index (χ4n) is 3.14. The predicted molar refractivity (Wildman–Crippen MR) is 91.1 cm³/mol. The lowest BCUT2D eigenvalue weighted by Crippen LogP contribution is -2.44. The third kappa shape index (κ3) is 3.11. The van der Waals surface area contributed by atoms with E-state index in [2.05, 4.69) is 18.4 Å². The van der Waals surface area contributed by atoms with E-state index in [-0.39, 0.29) is 6.04 Å². The van der Waals surface area contributed by atoms with Gasteiger partial charge in [0.2, 0.25) is 10.0 Å². The minimum Gasteiger partial charge on any atom is -0.493 e. The van der Waals surface area contributed by atoms with E-state index < -0.39 is 10.0 Å². The summed E-state index contributed by atoms with van der Waals surface area (Å²) in [7, 11) is -3.50. The highest BCUT2D eigenvalue weighted by atomic mass is 32.2. The standard InChI is InChI=1S/C15H18N4O3S2/c20-24(21,13-1-2-14-11(9-13)5-8-22-14)18-12-3-6-19(7-4-12)15-10-16-23-17-15/h1-2,9-10,12,18H,3-8H2. The van der Waals surface area contributed by atoms with Crippen LogP contribution in [-0.2, 0) is 16.4 Å². The average Bonchev–Trinajstić information content (AvgIpc) is 3.26. The minimum atomic E-state index is -3.50. The van der Waals surface area contributed by atoms with Crippen molar-refractivity contribution in [2.75, 3.05) is 24.6 Å². The first-order chi connectivity index (χ1) is 11.6. The van der Waals surface area contributed by atoms with Crippen LogP contribution < -0.4 is 14.4 Å². The highest BCUT2D eigenvalue weighted by Gasteiger charge is 2.26. The fourth-order valence-corrected chi connectivity index (χ4v) is 4.93. The summed E-state index contributed by atoms with van der Waals surface area (Å²) in [4.78, 5) is 2.46. The van der Waals surface area contributed by atoms with Crippen molar-refractivity contribution in [1.29, 1.82) is 0 Å². The topological polar surface area (TPSA) is 84.4 Å². The monoisotopic (exact) mass is 366 g/mol. The summed E-state index contributed by atoms with van der Waals surface area (Å²) in [5.41, 5.74) is 0.962. The second-order valence-electron chi connectivity index (χ2n) is 6.02. The molecule has 4 rings (SSSR count). The van der Waals surface area contributed by atoms with Gasteiger partial charge in [0, 0.05) is 25.6 Å². The Morgan fingerprint density at radius 1 is 1.29 bits per heavy atom. The lowest BCUT2D eigenvalue weighted by molar-refractivity contribution is 0.356. The summed E-state index contributed by atoms with van der Waals surface area (Å²) in [5, 5.41) is 0. The molecule has 9 heteroatoms. The van der Waals surface area contributed by atoms with E-state index in [4.69, 9.17) is 4.74 Å².